The first kappa shape index (κ1) is 17.0. The second kappa shape index (κ2) is 7.09. The van der Waals surface area contributed by atoms with Gasteiger partial charge in [0.25, 0.3) is 5.91 Å². The molecule has 2 unspecified atom stereocenters. The molecule has 2 atom stereocenters. The maximum absolute atomic E-state index is 12.8. The van der Waals surface area contributed by atoms with Gasteiger partial charge in [0.05, 0.1) is 0 Å². The van der Waals surface area contributed by atoms with Crippen LogP contribution in [0.5, 0.6) is 0 Å². The summed E-state index contributed by atoms with van der Waals surface area (Å²) < 4.78 is 0. The van der Waals surface area contributed by atoms with Crippen LogP contribution in [0.4, 0.5) is 0 Å². The zero-order valence-corrected chi connectivity index (χ0v) is 13.4. The largest absolute Gasteiger partial charge is 0.334 e. The molecule has 0 bridgehead atoms. The fourth-order valence-corrected chi connectivity index (χ4v) is 2.98. The van der Waals surface area contributed by atoms with Gasteiger partial charge in [0, 0.05) is 24.7 Å². The molecular formula is C16H25ClN2O. The lowest BCUT2D eigenvalue weighted by molar-refractivity contribution is 0.0531. The van der Waals surface area contributed by atoms with Gasteiger partial charge in [0.1, 0.15) is 0 Å². The monoisotopic (exact) mass is 296 g/mol. The van der Waals surface area contributed by atoms with E-state index in [2.05, 4.69) is 6.92 Å². The number of halogens is 1. The molecule has 0 spiro atoms. The third-order valence-electron chi connectivity index (χ3n) is 4.24. The summed E-state index contributed by atoms with van der Waals surface area (Å²) in [6, 6.07) is 6.24. The molecule has 20 heavy (non-hydrogen) atoms. The number of hydrogen-bond donors (Lipinski definition) is 1. The van der Waals surface area contributed by atoms with E-state index in [-0.39, 0.29) is 24.4 Å². The van der Waals surface area contributed by atoms with Crippen LogP contribution in [0.2, 0.25) is 0 Å². The lowest BCUT2D eigenvalue weighted by atomic mass is 9.90. The predicted octanol–water partition coefficient (Wildman–Crippen LogP) is 2.92. The van der Waals surface area contributed by atoms with Crippen LogP contribution >= 0.6 is 12.4 Å². The number of likely N-dealkylation sites (tertiary alicyclic amines) is 1. The Morgan fingerprint density at radius 1 is 1.40 bits per heavy atom. The van der Waals surface area contributed by atoms with Crippen LogP contribution in [0.15, 0.2) is 18.2 Å². The van der Waals surface area contributed by atoms with Gasteiger partial charge in [-0.05, 0) is 44.2 Å². The summed E-state index contributed by atoms with van der Waals surface area (Å²) in [6.07, 6.45) is 2.24. The van der Waals surface area contributed by atoms with Crippen molar-refractivity contribution in [1.82, 2.24) is 4.90 Å². The normalized spacial score (nSPS) is 22.3. The van der Waals surface area contributed by atoms with Gasteiger partial charge >= 0.3 is 0 Å². The van der Waals surface area contributed by atoms with E-state index in [0.717, 1.165) is 29.7 Å². The summed E-state index contributed by atoms with van der Waals surface area (Å²) in [4.78, 5) is 14.7. The molecule has 2 rings (SSSR count). The molecule has 112 valence electrons. The smallest absolute Gasteiger partial charge is 0.254 e. The highest BCUT2D eigenvalue weighted by Crippen LogP contribution is 2.25. The van der Waals surface area contributed by atoms with Crippen molar-refractivity contribution in [1.29, 1.82) is 0 Å². The topological polar surface area (TPSA) is 46.3 Å². The van der Waals surface area contributed by atoms with Gasteiger partial charge in [-0.15, -0.1) is 12.4 Å². The Hall–Kier alpha value is -1.06. The van der Waals surface area contributed by atoms with E-state index in [1.54, 1.807) is 0 Å². The number of benzene rings is 1. The summed E-state index contributed by atoms with van der Waals surface area (Å²) in [7, 11) is 0. The molecule has 0 aromatic heterocycles. The number of carbonyl (C=O) groups is 1. The number of carbonyl (C=O) groups excluding carboxylic acids is 1. The minimum absolute atomic E-state index is 0. The van der Waals surface area contributed by atoms with Gasteiger partial charge < -0.3 is 10.6 Å². The SMILES string of the molecule is Cc1ccc(C)c(C(=O)N2CCCC(C)C2CN)c1.Cl. The molecule has 1 aliphatic heterocycles. The molecule has 0 radical (unpaired) electrons. The minimum atomic E-state index is 0. The molecule has 0 saturated carbocycles. The van der Waals surface area contributed by atoms with Crippen molar-refractivity contribution >= 4 is 18.3 Å². The summed E-state index contributed by atoms with van der Waals surface area (Å²) >= 11 is 0. The van der Waals surface area contributed by atoms with Crippen LogP contribution in [0.3, 0.4) is 0 Å². The van der Waals surface area contributed by atoms with E-state index < -0.39 is 0 Å². The average molecular weight is 297 g/mol. The summed E-state index contributed by atoms with van der Waals surface area (Å²) in [6.45, 7) is 7.60. The second-order valence-electron chi connectivity index (χ2n) is 5.74. The van der Waals surface area contributed by atoms with Gasteiger partial charge in [0.2, 0.25) is 0 Å². The van der Waals surface area contributed by atoms with Crippen molar-refractivity contribution in [2.45, 2.75) is 39.7 Å². The zero-order chi connectivity index (χ0) is 14.0. The molecule has 1 fully saturated rings. The summed E-state index contributed by atoms with van der Waals surface area (Å²) in [5.41, 5.74) is 8.87. The summed E-state index contributed by atoms with van der Waals surface area (Å²) in [5.74, 6) is 0.635. The van der Waals surface area contributed by atoms with Gasteiger partial charge in [-0.25, -0.2) is 0 Å². The number of rotatable bonds is 2. The van der Waals surface area contributed by atoms with Crippen molar-refractivity contribution in [3.8, 4) is 0 Å². The van der Waals surface area contributed by atoms with E-state index in [4.69, 9.17) is 5.73 Å². The highest BCUT2D eigenvalue weighted by Gasteiger charge is 2.31. The highest BCUT2D eigenvalue weighted by molar-refractivity contribution is 5.96. The van der Waals surface area contributed by atoms with Crippen molar-refractivity contribution in [3.63, 3.8) is 0 Å². The Bertz CT molecular complexity index is 476. The molecule has 1 aromatic rings. The Morgan fingerprint density at radius 2 is 2.10 bits per heavy atom. The van der Waals surface area contributed by atoms with Crippen molar-refractivity contribution < 1.29 is 4.79 Å². The van der Waals surface area contributed by atoms with E-state index in [1.807, 2.05) is 36.9 Å². The van der Waals surface area contributed by atoms with E-state index >= 15 is 0 Å². The average Bonchev–Trinajstić information content (AvgIpc) is 2.40. The Balaban J connectivity index is 0.00000200. The molecule has 1 heterocycles. The Morgan fingerprint density at radius 3 is 2.75 bits per heavy atom. The zero-order valence-electron chi connectivity index (χ0n) is 12.6. The van der Waals surface area contributed by atoms with Crippen molar-refractivity contribution in [2.75, 3.05) is 13.1 Å². The quantitative estimate of drug-likeness (QED) is 0.912. The van der Waals surface area contributed by atoms with E-state index in [1.165, 1.54) is 6.42 Å². The van der Waals surface area contributed by atoms with Crippen LogP contribution < -0.4 is 5.73 Å². The van der Waals surface area contributed by atoms with Gasteiger partial charge in [0.15, 0.2) is 0 Å². The molecule has 1 saturated heterocycles. The molecular weight excluding hydrogens is 272 g/mol. The minimum Gasteiger partial charge on any atom is -0.334 e. The van der Waals surface area contributed by atoms with E-state index in [0.29, 0.717) is 12.5 Å². The fraction of sp³-hybridized carbons (Fsp3) is 0.562. The fourth-order valence-electron chi connectivity index (χ4n) is 2.98. The number of aryl methyl sites for hydroxylation is 2. The maximum Gasteiger partial charge on any atom is 0.254 e. The number of nitrogens with zero attached hydrogens (tertiary/aromatic N) is 1. The number of hydrogen-bond acceptors (Lipinski definition) is 2. The van der Waals surface area contributed by atoms with Crippen LogP contribution in [-0.2, 0) is 0 Å². The first-order valence-electron chi connectivity index (χ1n) is 7.13. The second-order valence-corrected chi connectivity index (χ2v) is 5.74. The van der Waals surface area contributed by atoms with E-state index in [9.17, 15) is 4.79 Å². The van der Waals surface area contributed by atoms with Gasteiger partial charge in [-0.3, -0.25) is 4.79 Å². The molecule has 0 aliphatic carbocycles. The Kier molecular flexibility index (Phi) is 6.03. The van der Waals surface area contributed by atoms with Crippen molar-refractivity contribution in [3.05, 3.63) is 34.9 Å². The highest BCUT2D eigenvalue weighted by atomic mass is 35.5. The predicted molar refractivity (Wildman–Crippen MR) is 85.4 cm³/mol. The number of amides is 1. The molecule has 4 heteroatoms. The third-order valence-corrected chi connectivity index (χ3v) is 4.24. The van der Waals surface area contributed by atoms with Gasteiger partial charge in [-0.1, -0.05) is 24.6 Å². The first-order valence-corrected chi connectivity index (χ1v) is 7.13. The maximum atomic E-state index is 12.8. The number of nitrogens with two attached hydrogens (primary N) is 1. The van der Waals surface area contributed by atoms with Crippen LogP contribution in [0.1, 0.15) is 41.3 Å². The van der Waals surface area contributed by atoms with Crippen molar-refractivity contribution in [2.24, 2.45) is 11.7 Å². The molecule has 1 aromatic carbocycles. The number of piperidine rings is 1. The third kappa shape index (κ3) is 3.33. The lowest BCUT2D eigenvalue weighted by Crippen LogP contribution is -2.51. The molecule has 2 N–H and O–H groups in total. The van der Waals surface area contributed by atoms with Crippen LogP contribution in [-0.4, -0.2) is 29.9 Å². The summed E-state index contributed by atoms with van der Waals surface area (Å²) in [5, 5.41) is 0. The van der Waals surface area contributed by atoms with Crippen LogP contribution in [0.25, 0.3) is 0 Å². The van der Waals surface area contributed by atoms with Gasteiger partial charge in [-0.2, -0.15) is 0 Å². The molecule has 3 nitrogen and oxygen atoms in total. The first-order chi connectivity index (χ1) is 9.04. The standard InChI is InChI=1S/C16H24N2O.ClH/c1-11-6-7-12(2)14(9-11)16(19)18-8-4-5-13(3)15(18)10-17;/h6-7,9,13,15H,4-5,8,10,17H2,1-3H3;1H. The Labute approximate surface area is 127 Å². The van der Waals surface area contributed by atoms with Crippen LogP contribution in [0, 0.1) is 19.8 Å². The molecule has 1 aliphatic rings. The lowest BCUT2D eigenvalue weighted by Gasteiger charge is -2.39. The molecule has 1 amide bonds.